The molecule has 0 N–H and O–H groups in total. The first kappa shape index (κ1) is 9.78. The fraction of sp³-hybridized carbons (Fsp3) is 0.143. The van der Waals surface area contributed by atoms with Crippen molar-refractivity contribution in [2.24, 2.45) is 0 Å². The van der Waals surface area contributed by atoms with Crippen LogP contribution in [0.2, 0.25) is 0 Å². The van der Waals surface area contributed by atoms with Gasteiger partial charge in [0.2, 0.25) is 0 Å². The molecule has 0 saturated carbocycles. The maximum atomic E-state index is 3.30. The quantitative estimate of drug-likeness (QED) is 0.703. The molecule has 2 rings (SSSR count). The molecule has 0 saturated heterocycles. The minimum absolute atomic E-state index is 0.960. The number of nitrogens with zero attached hydrogens (tertiary/aromatic N) is 1. The van der Waals surface area contributed by atoms with Crippen LogP contribution in [0.25, 0.3) is 6.08 Å². The summed E-state index contributed by atoms with van der Waals surface area (Å²) in [5.74, 6) is 0. The molecule has 0 bridgehead atoms. The highest BCUT2D eigenvalue weighted by molar-refractivity contribution is 5.50. The van der Waals surface area contributed by atoms with Gasteiger partial charge in [0, 0.05) is 25.4 Å². The number of benzene rings is 1. The lowest BCUT2D eigenvalue weighted by molar-refractivity contribution is 0.471. The van der Waals surface area contributed by atoms with Crippen molar-refractivity contribution in [2.45, 2.75) is 0 Å². The molecule has 1 aromatic carbocycles. The second-order valence-corrected chi connectivity index (χ2v) is 3.56. The molecule has 1 aliphatic rings. The lowest BCUT2D eigenvalue weighted by Gasteiger charge is -2.20. The topological polar surface area (TPSA) is 3.24 Å². The van der Waals surface area contributed by atoms with Gasteiger partial charge in [0.15, 0.2) is 0 Å². The van der Waals surface area contributed by atoms with E-state index in [9.17, 15) is 0 Å². The minimum atomic E-state index is 0.960. The molecule has 0 atom stereocenters. The van der Waals surface area contributed by atoms with Gasteiger partial charge in [0.05, 0.1) is 0 Å². The Balaban J connectivity index is 2.12. The second-order valence-electron chi connectivity index (χ2n) is 3.56. The van der Waals surface area contributed by atoms with Gasteiger partial charge < -0.3 is 4.90 Å². The van der Waals surface area contributed by atoms with Gasteiger partial charge >= 0.3 is 0 Å². The molecule has 75 valence electrons. The van der Waals surface area contributed by atoms with Gasteiger partial charge in [-0.05, 0) is 17.7 Å². The Morgan fingerprint density at radius 2 is 2.07 bits per heavy atom. The van der Waals surface area contributed by atoms with E-state index >= 15 is 0 Å². The zero-order valence-corrected chi connectivity index (χ0v) is 8.85. The molecular formula is C14H14N. The van der Waals surface area contributed by atoms with Gasteiger partial charge in [0.1, 0.15) is 0 Å². The van der Waals surface area contributed by atoms with Crippen molar-refractivity contribution in [3.8, 4) is 0 Å². The van der Waals surface area contributed by atoms with E-state index < -0.39 is 0 Å². The second kappa shape index (κ2) is 4.65. The summed E-state index contributed by atoms with van der Waals surface area (Å²) in [6.45, 7) is 0.960. The fourth-order valence-corrected chi connectivity index (χ4v) is 1.47. The first-order valence-corrected chi connectivity index (χ1v) is 5.09. The van der Waals surface area contributed by atoms with E-state index in [4.69, 9.17) is 0 Å². The van der Waals surface area contributed by atoms with Gasteiger partial charge in [0.25, 0.3) is 0 Å². The van der Waals surface area contributed by atoms with Gasteiger partial charge in [-0.25, -0.2) is 0 Å². The number of hydrogen-bond donors (Lipinski definition) is 0. The highest BCUT2D eigenvalue weighted by Crippen LogP contribution is 2.10. The molecule has 0 amide bonds. The molecular weight excluding hydrogens is 182 g/mol. The van der Waals surface area contributed by atoms with Crippen molar-refractivity contribution in [3.05, 3.63) is 65.9 Å². The molecule has 1 radical (unpaired) electrons. The van der Waals surface area contributed by atoms with E-state index in [-0.39, 0.29) is 0 Å². The summed E-state index contributed by atoms with van der Waals surface area (Å²) in [5.41, 5.74) is 2.31. The van der Waals surface area contributed by atoms with Crippen LogP contribution in [0.1, 0.15) is 5.56 Å². The Bertz CT molecular complexity index is 399. The SMILES string of the molecule is CN1CC=CC=C1/[C]=C/c1ccccc1. The van der Waals surface area contributed by atoms with E-state index in [0.29, 0.717) is 0 Å². The largest absolute Gasteiger partial charge is 0.370 e. The van der Waals surface area contributed by atoms with Crippen molar-refractivity contribution in [1.82, 2.24) is 4.90 Å². The van der Waals surface area contributed by atoms with Crippen LogP contribution in [-0.2, 0) is 0 Å². The van der Waals surface area contributed by atoms with E-state index in [1.54, 1.807) is 0 Å². The van der Waals surface area contributed by atoms with Gasteiger partial charge in [-0.1, -0.05) is 42.5 Å². The number of allylic oxidation sites excluding steroid dienone is 3. The lowest BCUT2D eigenvalue weighted by atomic mass is 10.2. The molecule has 1 heterocycles. The molecule has 15 heavy (non-hydrogen) atoms. The Hall–Kier alpha value is -1.76. The molecule has 0 unspecified atom stereocenters. The maximum absolute atomic E-state index is 3.30. The van der Waals surface area contributed by atoms with Crippen molar-refractivity contribution >= 4 is 6.08 Å². The van der Waals surface area contributed by atoms with Crippen molar-refractivity contribution in [2.75, 3.05) is 13.6 Å². The molecule has 0 aromatic heterocycles. The van der Waals surface area contributed by atoms with E-state index in [2.05, 4.69) is 48.4 Å². The van der Waals surface area contributed by atoms with Crippen molar-refractivity contribution < 1.29 is 0 Å². The molecule has 1 heteroatoms. The summed E-state index contributed by atoms with van der Waals surface area (Å²) >= 11 is 0. The van der Waals surface area contributed by atoms with Crippen molar-refractivity contribution in [1.29, 1.82) is 0 Å². The summed E-state index contributed by atoms with van der Waals surface area (Å²) in [6.07, 6.45) is 11.6. The normalized spacial score (nSPS) is 15.8. The minimum Gasteiger partial charge on any atom is -0.370 e. The highest BCUT2D eigenvalue weighted by Gasteiger charge is 2.01. The highest BCUT2D eigenvalue weighted by atomic mass is 15.1. The van der Waals surface area contributed by atoms with E-state index in [0.717, 1.165) is 12.2 Å². The Kier molecular flexibility index (Phi) is 3.03. The molecule has 0 aliphatic carbocycles. The standard InChI is InChI=1S/C14H14N/c1-15-12-6-5-9-14(15)11-10-13-7-3-2-4-8-13/h2-10H,12H2,1H3. The molecule has 0 fully saturated rings. The van der Waals surface area contributed by atoms with Gasteiger partial charge in [-0.2, -0.15) is 0 Å². The van der Waals surface area contributed by atoms with Crippen LogP contribution in [-0.4, -0.2) is 18.5 Å². The zero-order valence-electron chi connectivity index (χ0n) is 8.85. The lowest BCUT2D eigenvalue weighted by Crippen LogP contribution is -2.18. The van der Waals surface area contributed by atoms with Crippen LogP contribution in [0, 0.1) is 6.08 Å². The molecule has 1 aliphatic heterocycles. The van der Waals surface area contributed by atoms with Crippen LogP contribution < -0.4 is 0 Å². The summed E-state index contributed by atoms with van der Waals surface area (Å²) in [4.78, 5) is 2.17. The van der Waals surface area contributed by atoms with Crippen molar-refractivity contribution in [3.63, 3.8) is 0 Å². The molecule has 0 spiro atoms. The number of hydrogen-bond acceptors (Lipinski definition) is 1. The summed E-state index contributed by atoms with van der Waals surface area (Å²) in [7, 11) is 2.07. The first-order chi connectivity index (χ1) is 7.36. The maximum Gasteiger partial charge on any atom is 0.0447 e. The monoisotopic (exact) mass is 196 g/mol. The Labute approximate surface area is 91.0 Å². The van der Waals surface area contributed by atoms with E-state index in [1.807, 2.05) is 24.3 Å². The van der Waals surface area contributed by atoms with Crippen LogP contribution >= 0.6 is 0 Å². The summed E-state index contributed by atoms with van der Waals surface area (Å²) < 4.78 is 0. The third-order valence-electron chi connectivity index (χ3n) is 2.37. The van der Waals surface area contributed by atoms with Gasteiger partial charge in [-0.3, -0.25) is 0 Å². The summed E-state index contributed by atoms with van der Waals surface area (Å²) in [5, 5.41) is 0. The molecule has 1 nitrogen and oxygen atoms in total. The number of likely N-dealkylation sites (N-methyl/N-ethyl adjacent to an activating group) is 1. The zero-order chi connectivity index (χ0) is 10.5. The first-order valence-electron chi connectivity index (χ1n) is 5.09. The van der Waals surface area contributed by atoms with E-state index in [1.165, 1.54) is 5.56 Å². The predicted octanol–water partition coefficient (Wildman–Crippen LogP) is 2.89. The third kappa shape index (κ3) is 2.59. The van der Waals surface area contributed by atoms with Crippen LogP contribution in [0.5, 0.6) is 0 Å². The smallest absolute Gasteiger partial charge is 0.0447 e. The number of rotatable bonds is 2. The summed E-state index contributed by atoms with van der Waals surface area (Å²) in [6, 6.07) is 10.2. The molecule has 1 aromatic rings. The average Bonchev–Trinajstić information content (AvgIpc) is 2.29. The van der Waals surface area contributed by atoms with Crippen LogP contribution in [0.3, 0.4) is 0 Å². The Morgan fingerprint density at radius 1 is 1.27 bits per heavy atom. The average molecular weight is 196 g/mol. The predicted molar refractivity (Wildman–Crippen MR) is 64.0 cm³/mol. The fourth-order valence-electron chi connectivity index (χ4n) is 1.47. The van der Waals surface area contributed by atoms with Crippen LogP contribution in [0.15, 0.2) is 54.3 Å². The Morgan fingerprint density at radius 3 is 2.80 bits per heavy atom. The van der Waals surface area contributed by atoms with Gasteiger partial charge in [-0.15, -0.1) is 0 Å². The third-order valence-corrected chi connectivity index (χ3v) is 2.37. The van der Waals surface area contributed by atoms with Crippen LogP contribution in [0.4, 0.5) is 0 Å².